The Morgan fingerprint density at radius 3 is 2.75 bits per heavy atom. The lowest BCUT2D eigenvalue weighted by Crippen LogP contribution is -1.95. The van der Waals surface area contributed by atoms with Crippen LogP contribution < -0.4 is 0 Å². The minimum Gasteiger partial charge on any atom is -0.376 e. The number of hydrogen-bond acceptors (Lipinski definition) is 1. The van der Waals surface area contributed by atoms with E-state index in [2.05, 4.69) is 12.5 Å². The first-order chi connectivity index (χ1) is 5.79. The maximum Gasteiger partial charge on any atom is 0.140 e. The third kappa shape index (κ3) is 1.55. The van der Waals surface area contributed by atoms with Gasteiger partial charge in [-0.15, -0.1) is 6.42 Å². The molecule has 1 aromatic carbocycles. The van der Waals surface area contributed by atoms with Gasteiger partial charge < -0.3 is 5.11 Å². The highest BCUT2D eigenvalue weighted by atomic mass is 16.3. The maximum atomic E-state index is 9.36. The standard InChI is InChI=1S/C11H10O/c1-3-9-7-5-6-8-10(9)11(12)4-2/h2-3,5-8,11-12H,1H2. The van der Waals surface area contributed by atoms with Crippen LogP contribution in [-0.2, 0) is 0 Å². The van der Waals surface area contributed by atoms with Crippen LogP contribution in [0.4, 0.5) is 0 Å². The summed E-state index contributed by atoms with van der Waals surface area (Å²) >= 11 is 0. The monoisotopic (exact) mass is 158 g/mol. The molecule has 0 aliphatic carbocycles. The first-order valence-corrected chi connectivity index (χ1v) is 3.65. The van der Waals surface area contributed by atoms with Crippen LogP contribution in [0.5, 0.6) is 0 Å². The summed E-state index contributed by atoms with van der Waals surface area (Å²) < 4.78 is 0. The van der Waals surface area contributed by atoms with Gasteiger partial charge in [0.2, 0.25) is 0 Å². The van der Waals surface area contributed by atoms with E-state index in [9.17, 15) is 5.11 Å². The average molecular weight is 158 g/mol. The van der Waals surface area contributed by atoms with E-state index >= 15 is 0 Å². The Morgan fingerprint density at radius 2 is 2.17 bits per heavy atom. The number of hydrogen-bond donors (Lipinski definition) is 1. The van der Waals surface area contributed by atoms with Gasteiger partial charge in [0.25, 0.3) is 0 Å². The Kier molecular flexibility index (Phi) is 2.68. The van der Waals surface area contributed by atoms with Gasteiger partial charge in [0.1, 0.15) is 6.10 Å². The minimum absolute atomic E-state index is 0.731. The van der Waals surface area contributed by atoms with E-state index < -0.39 is 6.10 Å². The number of terminal acetylenes is 1. The van der Waals surface area contributed by atoms with Gasteiger partial charge in [-0.05, 0) is 11.1 Å². The Hall–Kier alpha value is -1.52. The molecule has 1 nitrogen and oxygen atoms in total. The highest BCUT2D eigenvalue weighted by Gasteiger charge is 2.05. The van der Waals surface area contributed by atoms with E-state index in [-0.39, 0.29) is 0 Å². The highest BCUT2D eigenvalue weighted by Crippen LogP contribution is 2.17. The zero-order valence-electron chi connectivity index (χ0n) is 6.70. The van der Waals surface area contributed by atoms with Crippen LogP contribution >= 0.6 is 0 Å². The summed E-state index contributed by atoms with van der Waals surface area (Å²) in [5, 5.41) is 9.36. The van der Waals surface area contributed by atoms with Crippen molar-refractivity contribution in [3.05, 3.63) is 42.0 Å². The Morgan fingerprint density at radius 1 is 1.50 bits per heavy atom. The molecule has 60 valence electrons. The van der Waals surface area contributed by atoms with E-state index in [4.69, 9.17) is 6.42 Å². The van der Waals surface area contributed by atoms with Crippen LogP contribution in [0.1, 0.15) is 17.2 Å². The van der Waals surface area contributed by atoms with Gasteiger partial charge in [-0.2, -0.15) is 0 Å². The number of aliphatic hydroxyl groups is 1. The highest BCUT2D eigenvalue weighted by molar-refractivity contribution is 5.53. The molecular formula is C11H10O. The smallest absolute Gasteiger partial charge is 0.140 e. The summed E-state index contributed by atoms with van der Waals surface area (Å²) in [5.41, 5.74) is 1.61. The van der Waals surface area contributed by atoms with Gasteiger partial charge in [-0.25, -0.2) is 0 Å². The summed E-state index contributed by atoms with van der Waals surface area (Å²) in [6.07, 6.45) is 5.94. The molecule has 0 bridgehead atoms. The molecule has 0 aromatic heterocycles. The molecule has 1 N–H and O–H groups in total. The van der Waals surface area contributed by atoms with Gasteiger partial charge in [-0.3, -0.25) is 0 Å². The van der Waals surface area contributed by atoms with E-state index in [0.717, 1.165) is 11.1 Å². The number of aliphatic hydroxyl groups excluding tert-OH is 1. The van der Waals surface area contributed by atoms with Crippen molar-refractivity contribution >= 4 is 6.08 Å². The molecule has 0 amide bonds. The molecule has 1 aromatic rings. The van der Waals surface area contributed by atoms with E-state index in [1.54, 1.807) is 12.1 Å². The molecule has 1 atom stereocenters. The van der Waals surface area contributed by atoms with Crippen LogP contribution in [0.3, 0.4) is 0 Å². The molecule has 1 rings (SSSR count). The van der Waals surface area contributed by atoms with Gasteiger partial charge in [0.05, 0.1) is 0 Å². The molecule has 0 saturated heterocycles. The summed E-state index contributed by atoms with van der Waals surface area (Å²) in [5.74, 6) is 2.26. The third-order valence-electron chi connectivity index (χ3n) is 1.67. The van der Waals surface area contributed by atoms with Crippen LogP contribution in [-0.4, -0.2) is 5.11 Å². The van der Waals surface area contributed by atoms with Gasteiger partial charge >= 0.3 is 0 Å². The van der Waals surface area contributed by atoms with E-state index in [0.29, 0.717) is 0 Å². The second-order valence-corrected chi connectivity index (χ2v) is 2.40. The fourth-order valence-electron chi connectivity index (χ4n) is 1.04. The van der Waals surface area contributed by atoms with Crippen molar-refractivity contribution in [3.8, 4) is 12.3 Å². The van der Waals surface area contributed by atoms with Crippen molar-refractivity contribution in [2.45, 2.75) is 6.10 Å². The van der Waals surface area contributed by atoms with Crippen LogP contribution in [0.15, 0.2) is 30.8 Å². The second-order valence-electron chi connectivity index (χ2n) is 2.40. The Labute approximate surface area is 72.4 Å². The summed E-state index contributed by atoms with van der Waals surface area (Å²) in [4.78, 5) is 0. The molecule has 1 unspecified atom stereocenters. The molecule has 1 heteroatoms. The van der Waals surface area contributed by atoms with Gasteiger partial charge in [0.15, 0.2) is 0 Å². The molecule has 0 fully saturated rings. The first-order valence-electron chi connectivity index (χ1n) is 3.65. The fraction of sp³-hybridized carbons (Fsp3) is 0.0909. The minimum atomic E-state index is -0.834. The zero-order valence-corrected chi connectivity index (χ0v) is 6.70. The number of rotatable bonds is 2. The molecule has 0 heterocycles. The Balaban J connectivity index is 3.15. The van der Waals surface area contributed by atoms with Crippen molar-refractivity contribution < 1.29 is 5.11 Å². The molecule has 0 aliphatic rings. The summed E-state index contributed by atoms with van der Waals surface area (Å²) in [6.45, 7) is 3.63. The van der Waals surface area contributed by atoms with Crippen molar-refractivity contribution in [3.63, 3.8) is 0 Å². The lowest BCUT2D eigenvalue weighted by Gasteiger charge is -2.06. The van der Waals surface area contributed by atoms with Crippen LogP contribution in [0.25, 0.3) is 6.08 Å². The molecule has 0 spiro atoms. The van der Waals surface area contributed by atoms with E-state index in [1.165, 1.54) is 0 Å². The van der Waals surface area contributed by atoms with Gasteiger partial charge in [-0.1, -0.05) is 42.8 Å². The SMILES string of the molecule is C#CC(O)c1ccccc1C=C. The Bertz CT molecular complexity index is 320. The first kappa shape index (κ1) is 8.58. The molecular weight excluding hydrogens is 148 g/mol. The summed E-state index contributed by atoms with van der Waals surface area (Å²) in [6, 6.07) is 7.37. The maximum absolute atomic E-state index is 9.36. The molecule has 12 heavy (non-hydrogen) atoms. The lowest BCUT2D eigenvalue weighted by atomic mass is 10.0. The fourth-order valence-corrected chi connectivity index (χ4v) is 1.04. The largest absolute Gasteiger partial charge is 0.376 e. The molecule has 0 saturated carbocycles. The van der Waals surface area contributed by atoms with Crippen LogP contribution in [0.2, 0.25) is 0 Å². The lowest BCUT2D eigenvalue weighted by molar-refractivity contribution is 0.238. The predicted molar refractivity (Wildman–Crippen MR) is 50.3 cm³/mol. The van der Waals surface area contributed by atoms with Crippen molar-refractivity contribution in [1.82, 2.24) is 0 Å². The molecule has 0 aliphatic heterocycles. The van der Waals surface area contributed by atoms with Gasteiger partial charge in [0, 0.05) is 0 Å². The molecule has 0 radical (unpaired) electrons. The van der Waals surface area contributed by atoms with E-state index in [1.807, 2.05) is 18.2 Å². The van der Waals surface area contributed by atoms with Crippen molar-refractivity contribution in [2.24, 2.45) is 0 Å². The van der Waals surface area contributed by atoms with Crippen LogP contribution in [0, 0.1) is 12.3 Å². The predicted octanol–water partition coefficient (Wildman–Crippen LogP) is 2.00. The normalized spacial score (nSPS) is 11.7. The number of benzene rings is 1. The third-order valence-corrected chi connectivity index (χ3v) is 1.67. The quantitative estimate of drug-likeness (QED) is 0.652. The topological polar surface area (TPSA) is 20.2 Å². The zero-order chi connectivity index (χ0) is 8.97. The van der Waals surface area contributed by atoms with Crippen molar-refractivity contribution in [2.75, 3.05) is 0 Å². The average Bonchev–Trinajstić information content (AvgIpc) is 2.16. The second kappa shape index (κ2) is 3.75. The van der Waals surface area contributed by atoms with Crippen molar-refractivity contribution in [1.29, 1.82) is 0 Å². The summed E-state index contributed by atoms with van der Waals surface area (Å²) in [7, 11) is 0.